The Bertz CT molecular complexity index is 716. The second-order valence-corrected chi connectivity index (χ2v) is 4.86. The van der Waals surface area contributed by atoms with E-state index in [1.54, 1.807) is 7.11 Å². The molecule has 2 N–H and O–H groups in total. The molecule has 102 valence electrons. The van der Waals surface area contributed by atoms with Crippen LogP contribution in [0.5, 0.6) is 5.75 Å². The second kappa shape index (κ2) is 5.39. The van der Waals surface area contributed by atoms with Gasteiger partial charge >= 0.3 is 0 Å². The first-order chi connectivity index (χ1) is 9.81. The summed E-state index contributed by atoms with van der Waals surface area (Å²) in [5.74, 6) is 0.865. The first-order valence-electron chi connectivity index (χ1n) is 6.71. The van der Waals surface area contributed by atoms with Crippen LogP contribution in [0.3, 0.4) is 0 Å². The SMILES string of the molecule is COc1ccc2c(c1)c(CN)cn2Cc1ccccc1. The summed E-state index contributed by atoms with van der Waals surface area (Å²) in [7, 11) is 1.68. The highest BCUT2D eigenvalue weighted by atomic mass is 16.5. The summed E-state index contributed by atoms with van der Waals surface area (Å²) in [5, 5.41) is 1.17. The summed E-state index contributed by atoms with van der Waals surface area (Å²) in [4.78, 5) is 0. The Labute approximate surface area is 118 Å². The Hall–Kier alpha value is -2.26. The van der Waals surface area contributed by atoms with Crippen molar-refractivity contribution >= 4 is 10.9 Å². The summed E-state index contributed by atoms with van der Waals surface area (Å²) < 4.78 is 7.54. The zero-order valence-corrected chi connectivity index (χ0v) is 11.5. The number of nitrogens with two attached hydrogens (primary N) is 1. The third-order valence-electron chi connectivity index (χ3n) is 3.59. The minimum absolute atomic E-state index is 0.533. The maximum absolute atomic E-state index is 5.86. The molecular weight excluding hydrogens is 248 g/mol. The van der Waals surface area contributed by atoms with Crippen LogP contribution in [0.15, 0.2) is 54.7 Å². The summed E-state index contributed by atoms with van der Waals surface area (Å²) in [6.45, 7) is 1.38. The van der Waals surface area contributed by atoms with Crippen LogP contribution in [0.4, 0.5) is 0 Å². The van der Waals surface area contributed by atoms with Crippen LogP contribution < -0.4 is 10.5 Å². The Morgan fingerprint density at radius 2 is 1.90 bits per heavy atom. The van der Waals surface area contributed by atoms with Crippen LogP contribution in [0.2, 0.25) is 0 Å². The minimum atomic E-state index is 0.533. The van der Waals surface area contributed by atoms with E-state index in [4.69, 9.17) is 10.5 Å². The molecule has 0 radical (unpaired) electrons. The quantitative estimate of drug-likeness (QED) is 0.788. The van der Waals surface area contributed by atoms with Crippen molar-refractivity contribution in [3.05, 3.63) is 65.9 Å². The summed E-state index contributed by atoms with van der Waals surface area (Å²) in [6, 6.07) is 16.6. The summed E-state index contributed by atoms with van der Waals surface area (Å²) in [5.41, 5.74) is 9.48. The van der Waals surface area contributed by atoms with Crippen LogP contribution in [-0.4, -0.2) is 11.7 Å². The molecule has 0 aliphatic rings. The highest BCUT2D eigenvalue weighted by molar-refractivity contribution is 5.85. The lowest BCUT2D eigenvalue weighted by molar-refractivity contribution is 0.415. The van der Waals surface area contributed by atoms with Crippen LogP contribution in [0.25, 0.3) is 10.9 Å². The van der Waals surface area contributed by atoms with Crippen LogP contribution in [0, 0.1) is 0 Å². The van der Waals surface area contributed by atoms with Gasteiger partial charge in [-0.05, 0) is 29.3 Å². The fourth-order valence-corrected chi connectivity index (χ4v) is 2.55. The molecule has 0 saturated heterocycles. The molecule has 0 unspecified atom stereocenters. The molecule has 1 aromatic heterocycles. The van der Waals surface area contributed by atoms with Gasteiger partial charge in [-0.1, -0.05) is 30.3 Å². The lowest BCUT2D eigenvalue weighted by atomic mass is 10.1. The molecule has 1 heterocycles. The summed E-state index contributed by atoms with van der Waals surface area (Å²) >= 11 is 0. The maximum atomic E-state index is 5.86. The van der Waals surface area contributed by atoms with Crippen LogP contribution in [0.1, 0.15) is 11.1 Å². The van der Waals surface area contributed by atoms with Crippen molar-refractivity contribution in [2.24, 2.45) is 5.73 Å². The largest absolute Gasteiger partial charge is 0.497 e. The molecule has 3 aromatic rings. The third kappa shape index (κ3) is 2.28. The molecule has 3 nitrogen and oxygen atoms in total. The zero-order chi connectivity index (χ0) is 13.9. The molecule has 0 atom stereocenters. The van der Waals surface area contributed by atoms with Gasteiger partial charge in [0.25, 0.3) is 0 Å². The molecular formula is C17H18N2O. The van der Waals surface area contributed by atoms with E-state index in [-0.39, 0.29) is 0 Å². The topological polar surface area (TPSA) is 40.2 Å². The zero-order valence-electron chi connectivity index (χ0n) is 11.5. The van der Waals surface area contributed by atoms with Crippen molar-refractivity contribution in [1.29, 1.82) is 0 Å². The molecule has 2 aromatic carbocycles. The normalized spacial score (nSPS) is 10.9. The van der Waals surface area contributed by atoms with Gasteiger partial charge in [0.1, 0.15) is 5.75 Å². The van der Waals surface area contributed by atoms with E-state index in [1.807, 2.05) is 12.1 Å². The van der Waals surface area contributed by atoms with E-state index in [0.717, 1.165) is 17.9 Å². The predicted molar refractivity (Wildman–Crippen MR) is 81.9 cm³/mol. The van der Waals surface area contributed by atoms with Crippen molar-refractivity contribution in [3.63, 3.8) is 0 Å². The average molecular weight is 266 g/mol. The van der Waals surface area contributed by atoms with Gasteiger partial charge in [-0.25, -0.2) is 0 Å². The first-order valence-corrected chi connectivity index (χ1v) is 6.71. The van der Waals surface area contributed by atoms with Gasteiger partial charge in [0.2, 0.25) is 0 Å². The van der Waals surface area contributed by atoms with Gasteiger partial charge in [0.05, 0.1) is 7.11 Å². The van der Waals surface area contributed by atoms with E-state index < -0.39 is 0 Å². The molecule has 20 heavy (non-hydrogen) atoms. The second-order valence-electron chi connectivity index (χ2n) is 4.86. The summed E-state index contributed by atoms with van der Waals surface area (Å²) in [6.07, 6.45) is 2.14. The number of ether oxygens (including phenoxy) is 1. The van der Waals surface area contributed by atoms with Crippen molar-refractivity contribution < 1.29 is 4.74 Å². The number of hydrogen-bond donors (Lipinski definition) is 1. The molecule has 0 spiro atoms. The number of fused-ring (bicyclic) bond motifs is 1. The van der Waals surface area contributed by atoms with Gasteiger partial charge < -0.3 is 15.0 Å². The van der Waals surface area contributed by atoms with Crippen LogP contribution in [-0.2, 0) is 13.1 Å². The molecule has 0 bridgehead atoms. The fraction of sp³-hybridized carbons (Fsp3) is 0.176. The maximum Gasteiger partial charge on any atom is 0.119 e. The van der Waals surface area contributed by atoms with E-state index in [2.05, 4.69) is 47.2 Å². The van der Waals surface area contributed by atoms with Crippen molar-refractivity contribution in [3.8, 4) is 5.75 Å². The standard InChI is InChI=1S/C17H18N2O/c1-20-15-7-8-17-16(9-15)14(10-18)12-19(17)11-13-5-3-2-4-6-13/h2-9,12H,10-11,18H2,1H3. The van der Waals surface area contributed by atoms with Gasteiger partial charge in [-0.2, -0.15) is 0 Å². The molecule has 0 fully saturated rings. The van der Waals surface area contributed by atoms with E-state index >= 15 is 0 Å². The van der Waals surface area contributed by atoms with Crippen molar-refractivity contribution in [2.75, 3.05) is 7.11 Å². The minimum Gasteiger partial charge on any atom is -0.497 e. The smallest absolute Gasteiger partial charge is 0.119 e. The number of benzene rings is 2. The number of methoxy groups -OCH3 is 1. The van der Waals surface area contributed by atoms with Crippen molar-refractivity contribution in [1.82, 2.24) is 4.57 Å². The third-order valence-corrected chi connectivity index (χ3v) is 3.59. The number of hydrogen-bond acceptors (Lipinski definition) is 2. The number of aromatic nitrogens is 1. The predicted octanol–water partition coefficient (Wildman–Crippen LogP) is 3.16. The molecule has 0 amide bonds. The number of rotatable bonds is 4. The average Bonchev–Trinajstić information content (AvgIpc) is 2.85. The van der Waals surface area contributed by atoms with Gasteiger partial charge in [-0.15, -0.1) is 0 Å². The molecule has 3 heteroatoms. The van der Waals surface area contributed by atoms with Gasteiger partial charge in [0, 0.05) is 30.2 Å². The van der Waals surface area contributed by atoms with Crippen molar-refractivity contribution in [2.45, 2.75) is 13.1 Å². The van der Waals surface area contributed by atoms with Crippen LogP contribution >= 0.6 is 0 Å². The number of nitrogens with zero attached hydrogens (tertiary/aromatic N) is 1. The highest BCUT2D eigenvalue weighted by Gasteiger charge is 2.09. The lowest BCUT2D eigenvalue weighted by Gasteiger charge is -2.06. The highest BCUT2D eigenvalue weighted by Crippen LogP contribution is 2.26. The molecule has 0 saturated carbocycles. The first kappa shape index (κ1) is 12.8. The monoisotopic (exact) mass is 266 g/mol. The Kier molecular flexibility index (Phi) is 3.44. The van der Waals surface area contributed by atoms with Gasteiger partial charge in [0.15, 0.2) is 0 Å². The Morgan fingerprint density at radius 1 is 1.10 bits per heavy atom. The fourth-order valence-electron chi connectivity index (χ4n) is 2.55. The van der Waals surface area contributed by atoms with Gasteiger partial charge in [-0.3, -0.25) is 0 Å². The Morgan fingerprint density at radius 3 is 2.60 bits per heavy atom. The van der Waals surface area contributed by atoms with E-state index in [0.29, 0.717) is 6.54 Å². The van der Waals surface area contributed by atoms with E-state index in [1.165, 1.54) is 16.5 Å². The Balaban J connectivity index is 2.07. The molecule has 3 rings (SSSR count). The molecule has 0 aliphatic heterocycles. The molecule has 0 aliphatic carbocycles. The lowest BCUT2D eigenvalue weighted by Crippen LogP contribution is -1.98. The van der Waals surface area contributed by atoms with E-state index in [9.17, 15) is 0 Å².